The molecular formula is C11H9BrFNO. The lowest BCUT2D eigenvalue weighted by Crippen LogP contribution is -2.13. The predicted molar refractivity (Wildman–Crippen MR) is 58.8 cm³/mol. The minimum atomic E-state index is -0.587. The van der Waals surface area contributed by atoms with E-state index in [2.05, 4.69) is 15.9 Å². The second-order valence-electron chi connectivity index (χ2n) is 3.13. The molecule has 0 bridgehead atoms. The average molecular weight is 270 g/mol. The van der Waals surface area contributed by atoms with Crippen LogP contribution in [0.3, 0.4) is 0 Å². The van der Waals surface area contributed by atoms with Gasteiger partial charge in [-0.2, -0.15) is 0 Å². The fourth-order valence-corrected chi connectivity index (χ4v) is 2.01. The van der Waals surface area contributed by atoms with E-state index in [1.54, 1.807) is 24.3 Å². The number of hydrogen-bond acceptors (Lipinski definition) is 2. The summed E-state index contributed by atoms with van der Waals surface area (Å²) in [6.07, 6.45) is 1.52. The maximum atomic E-state index is 13.5. The predicted octanol–water partition coefficient (Wildman–Crippen LogP) is 3.23. The molecule has 15 heavy (non-hydrogen) atoms. The number of rotatable bonds is 2. The summed E-state index contributed by atoms with van der Waals surface area (Å²) in [5.74, 6) is 0.203. The molecule has 2 aromatic rings. The standard InChI is InChI=1S/C11H9BrFNO/c12-7-3-1-4-8(13)10(7)11(14)9-5-2-6-15-9/h1-6,11H,14H2. The second kappa shape index (κ2) is 4.16. The van der Waals surface area contributed by atoms with E-state index in [4.69, 9.17) is 10.2 Å². The van der Waals surface area contributed by atoms with Crippen LogP contribution in [-0.2, 0) is 0 Å². The Morgan fingerprint density at radius 2 is 2.07 bits per heavy atom. The Labute approximate surface area is 95.0 Å². The van der Waals surface area contributed by atoms with Crippen molar-refractivity contribution in [1.82, 2.24) is 0 Å². The molecule has 0 aliphatic carbocycles. The topological polar surface area (TPSA) is 39.2 Å². The molecule has 0 spiro atoms. The van der Waals surface area contributed by atoms with Crippen LogP contribution >= 0.6 is 15.9 Å². The number of furan rings is 1. The van der Waals surface area contributed by atoms with Gasteiger partial charge in [-0.25, -0.2) is 4.39 Å². The van der Waals surface area contributed by atoms with E-state index in [0.29, 0.717) is 15.8 Å². The molecule has 1 aromatic carbocycles. The van der Waals surface area contributed by atoms with E-state index < -0.39 is 6.04 Å². The number of halogens is 2. The van der Waals surface area contributed by atoms with Gasteiger partial charge in [0.25, 0.3) is 0 Å². The summed E-state index contributed by atoms with van der Waals surface area (Å²) >= 11 is 3.27. The van der Waals surface area contributed by atoms with Gasteiger partial charge in [-0.05, 0) is 24.3 Å². The van der Waals surface area contributed by atoms with Gasteiger partial charge >= 0.3 is 0 Å². The zero-order valence-corrected chi connectivity index (χ0v) is 9.37. The highest BCUT2D eigenvalue weighted by Gasteiger charge is 2.18. The van der Waals surface area contributed by atoms with Gasteiger partial charge < -0.3 is 10.2 Å². The molecule has 2 N–H and O–H groups in total. The zero-order valence-electron chi connectivity index (χ0n) is 7.78. The van der Waals surface area contributed by atoms with Crippen molar-refractivity contribution in [1.29, 1.82) is 0 Å². The molecular weight excluding hydrogens is 261 g/mol. The van der Waals surface area contributed by atoms with E-state index in [0.717, 1.165) is 0 Å². The second-order valence-corrected chi connectivity index (χ2v) is 3.98. The molecule has 0 fully saturated rings. The van der Waals surface area contributed by atoms with Gasteiger partial charge in [-0.15, -0.1) is 0 Å². The van der Waals surface area contributed by atoms with Crippen LogP contribution in [-0.4, -0.2) is 0 Å². The van der Waals surface area contributed by atoms with Crippen molar-refractivity contribution in [2.75, 3.05) is 0 Å². The van der Waals surface area contributed by atoms with Gasteiger partial charge in [0.15, 0.2) is 0 Å². The Bertz CT molecular complexity index is 435. The van der Waals surface area contributed by atoms with Crippen molar-refractivity contribution in [3.63, 3.8) is 0 Å². The molecule has 1 atom stereocenters. The van der Waals surface area contributed by atoms with Crippen molar-refractivity contribution < 1.29 is 8.81 Å². The Hall–Kier alpha value is -1.13. The summed E-state index contributed by atoms with van der Waals surface area (Å²) in [4.78, 5) is 0. The molecule has 4 heteroatoms. The first-order valence-electron chi connectivity index (χ1n) is 4.43. The first kappa shape index (κ1) is 10.4. The molecule has 0 aliphatic heterocycles. The smallest absolute Gasteiger partial charge is 0.129 e. The third kappa shape index (κ3) is 1.96. The summed E-state index contributed by atoms with van der Waals surface area (Å²) in [6, 6.07) is 7.62. The van der Waals surface area contributed by atoms with Crippen LogP contribution in [0.2, 0.25) is 0 Å². The monoisotopic (exact) mass is 269 g/mol. The van der Waals surface area contributed by atoms with Crippen molar-refractivity contribution in [2.45, 2.75) is 6.04 Å². The van der Waals surface area contributed by atoms with Crippen LogP contribution < -0.4 is 5.73 Å². The van der Waals surface area contributed by atoms with E-state index in [1.807, 2.05) is 0 Å². The Morgan fingerprint density at radius 3 is 2.67 bits per heavy atom. The van der Waals surface area contributed by atoms with Gasteiger partial charge in [-0.1, -0.05) is 22.0 Å². The Balaban J connectivity index is 2.46. The van der Waals surface area contributed by atoms with Crippen LogP contribution in [0.4, 0.5) is 4.39 Å². The molecule has 1 heterocycles. The fraction of sp³-hybridized carbons (Fsp3) is 0.0909. The number of nitrogens with two attached hydrogens (primary N) is 1. The van der Waals surface area contributed by atoms with Crippen molar-refractivity contribution >= 4 is 15.9 Å². The lowest BCUT2D eigenvalue weighted by Gasteiger charge is -2.12. The first-order valence-corrected chi connectivity index (χ1v) is 5.22. The lowest BCUT2D eigenvalue weighted by molar-refractivity contribution is 0.479. The van der Waals surface area contributed by atoms with Crippen LogP contribution in [0.15, 0.2) is 45.5 Å². The van der Waals surface area contributed by atoms with Crippen molar-refractivity contribution in [2.24, 2.45) is 5.73 Å². The summed E-state index contributed by atoms with van der Waals surface area (Å²) in [5, 5.41) is 0. The van der Waals surface area contributed by atoms with E-state index in [9.17, 15) is 4.39 Å². The Morgan fingerprint density at radius 1 is 1.27 bits per heavy atom. The molecule has 0 amide bonds. The summed E-state index contributed by atoms with van der Waals surface area (Å²) in [7, 11) is 0. The molecule has 0 aliphatic rings. The lowest BCUT2D eigenvalue weighted by atomic mass is 10.1. The average Bonchev–Trinajstić information content (AvgIpc) is 2.69. The third-order valence-electron chi connectivity index (χ3n) is 2.16. The van der Waals surface area contributed by atoms with E-state index in [1.165, 1.54) is 12.3 Å². The normalized spacial score (nSPS) is 12.7. The maximum Gasteiger partial charge on any atom is 0.129 e. The van der Waals surface area contributed by atoms with Gasteiger partial charge in [0.2, 0.25) is 0 Å². The number of benzene rings is 1. The van der Waals surface area contributed by atoms with Crippen LogP contribution in [0.5, 0.6) is 0 Å². The molecule has 1 aromatic heterocycles. The SMILES string of the molecule is NC(c1ccco1)c1c(F)cccc1Br. The maximum absolute atomic E-state index is 13.5. The van der Waals surface area contributed by atoms with E-state index >= 15 is 0 Å². The summed E-state index contributed by atoms with van der Waals surface area (Å²) in [6.45, 7) is 0. The highest BCUT2D eigenvalue weighted by Crippen LogP contribution is 2.29. The fourth-order valence-electron chi connectivity index (χ4n) is 1.42. The molecule has 0 saturated heterocycles. The van der Waals surface area contributed by atoms with E-state index in [-0.39, 0.29) is 5.82 Å². The first-order chi connectivity index (χ1) is 7.20. The van der Waals surface area contributed by atoms with Gasteiger partial charge in [0.1, 0.15) is 11.6 Å². The third-order valence-corrected chi connectivity index (χ3v) is 2.85. The molecule has 2 rings (SSSR count). The van der Waals surface area contributed by atoms with Crippen molar-refractivity contribution in [3.05, 3.63) is 58.2 Å². The minimum absolute atomic E-state index is 0.340. The number of hydrogen-bond donors (Lipinski definition) is 1. The van der Waals surface area contributed by atoms with Crippen LogP contribution in [0, 0.1) is 5.82 Å². The highest BCUT2D eigenvalue weighted by atomic mass is 79.9. The Kier molecular flexibility index (Phi) is 2.88. The van der Waals surface area contributed by atoms with Gasteiger partial charge in [0, 0.05) is 10.0 Å². The summed E-state index contributed by atoms with van der Waals surface area (Å²) in [5.41, 5.74) is 6.31. The van der Waals surface area contributed by atoms with Gasteiger partial charge in [0.05, 0.1) is 12.3 Å². The molecule has 78 valence electrons. The molecule has 1 unspecified atom stereocenters. The minimum Gasteiger partial charge on any atom is -0.467 e. The molecule has 0 radical (unpaired) electrons. The van der Waals surface area contributed by atoms with Gasteiger partial charge in [-0.3, -0.25) is 0 Å². The highest BCUT2D eigenvalue weighted by molar-refractivity contribution is 9.10. The van der Waals surface area contributed by atoms with Crippen LogP contribution in [0.25, 0.3) is 0 Å². The van der Waals surface area contributed by atoms with Crippen LogP contribution in [0.1, 0.15) is 17.4 Å². The van der Waals surface area contributed by atoms with Crippen molar-refractivity contribution in [3.8, 4) is 0 Å². The summed E-state index contributed by atoms with van der Waals surface area (Å²) < 4.78 is 19.3. The largest absolute Gasteiger partial charge is 0.467 e. The quantitative estimate of drug-likeness (QED) is 0.909. The molecule has 2 nitrogen and oxygen atoms in total. The zero-order chi connectivity index (χ0) is 10.8. The molecule has 0 saturated carbocycles.